The third-order valence-electron chi connectivity index (χ3n) is 4.10. The van der Waals surface area contributed by atoms with E-state index >= 15 is 0 Å². The lowest BCUT2D eigenvalue weighted by molar-refractivity contribution is 0.00589. The minimum atomic E-state index is -0.159. The number of ether oxygens (including phenoxy) is 2. The quantitative estimate of drug-likeness (QED) is 0.633. The first-order chi connectivity index (χ1) is 12.2. The van der Waals surface area contributed by atoms with Gasteiger partial charge < -0.3 is 14.4 Å². The predicted molar refractivity (Wildman–Crippen MR) is 102 cm³/mol. The third-order valence-corrected chi connectivity index (χ3v) is 4.25. The number of alkyl halides is 1. The molecule has 2 aromatic carbocycles. The zero-order valence-electron chi connectivity index (χ0n) is 14.5. The number of benzene rings is 2. The average Bonchev–Trinajstić information content (AvgIpc) is 3.02. The second-order valence-electron chi connectivity index (χ2n) is 5.95. The first kappa shape index (κ1) is 17.4. The summed E-state index contributed by atoms with van der Waals surface area (Å²) in [6, 6.07) is 18.2. The highest BCUT2D eigenvalue weighted by Gasteiger charge is 2.26. The first-order valence-corrected chi connectivity index (χ1v) is 8.83. The van der Waals surface area contributed by atoms with Crippen LogP contribution in [0.15, 0.2) is 72.6 Å². The van der Waals surface area contributed by atoms with E-state index in [0.717, 1.165) is 28.2 Å². The molecule has 2 aromatic rings. The number of allylic oxidation sites excluding steroid dienone is 3. The Morgan fingerprint density at radius 2 is 1.88 bits per heavy atom. The van der Waals surface area contributed by atoms with Crippen molar-refractivity contribution in [1.82, 2.24) is 4.90 Å². The molecule has 0 aromatic heterocycles. The van der Waals surface area contributed by atoms with E-state index in [1.807, 2.05) is 68.6 Å². The van der Waals surface area contributed by atoms with Crippen LogP contribution in [0.25, 0.3) is 5.57 Å². The Bertz CT molecular complexity index is 770. The van der Waals surface area contributed by atoms with E-state index in [4.69, 9.17) is 21.1 Å². The maximum atomic E-state index is 6.11. The van der Waals surface area contributed by atoms with Crippen molar-refractivity contribution >= 4 is 17.2 Å². The Morgan fingerprint density at radius 3 is 2.64 bits per heavy atom. The largest absolute Gasteiger partial charge is 0.472 e. The van der Waals surface area contributed by atoms with Crippen molar-refractivity contribution in [2.75, 3.05) is 12.6 Å². The molecule has 1 heterocycles. The number of rotatable bonds is 6. The Hall–Kier alpha value is -2.39. The smallest absolute Gasteiger partial charge is 0.200 e. The van der Waals surface area contributed by atoms with Crippen LogP contribution in [0.5, 0.6) is 5.75 Å². The van der Waals surface area contributed by atoms with Crippen LogP contribution in [0.4, 0.5) is 0 Å². The van der Waals surface area contributed by atoms with Crippen molar-refractivity contribution in [2.45, 2.75) is 20.1 Å². The zero-order valence-corrected chi connectivity index (χ0v) is 15.2. The maximum absolute atomic E-state index is 6.11. The molecule has 25 heavy (non-hydrogen) atoms. The highest BCUT2D eigenvalue weighted by Crippen LogP contribution is 2.32. The van der Waals surface area contributed by atoms with Gasteiger partial charge in [-0.25, -0.2) is 0 Å². The van der Waals surface area contributed by atoms with Crippen LogP contribution in [0, 0.1) is 0 Å². The van der Waals surface area contributed by atoms with Crippen molar-refractivity contribution in [3.63, 3.8) is 0 Å². The lowest BCUT2D eigenvalue weighted by atomic mass is 10.1. The summed E-state index contributed by atoms with van der Waals surface area (Å²) in [6.07, 6.45) is 3.81. The summed E-state index contributed by atoms with van der Waals surface area (Å²) < 4.78 is 12.0. The van der Waals surface area contributed by atoms with Crippen molar-refractivity contribution in [3.8, 4) is 5.75 Å². The van der Waals surface area contributed by atoms with Crippen LogP contribution in [-0.2, 0) is 4.74 Å². The van der Waals surface area contributed by atoms with Crippen LogP contribution >= 0.6 is 11.6 Å². The van der Waals surface area contributed by atoms with Gasteiger partial charge in [-0.3, -0.25) is 0 Å². The predicted octanol–water partition coefficient (Wildman–Crippen LogP) is 5.56. The Morgan fingerprint density at radius 1 is 1.16 bits per heavy atom. The Balaban J connectivity index is 1.76. The minimum absolute atomic E-state index is 0.159. The summed E-state index contributed by atoms with van der Waals surface area (Å²) in [5, 5.41) is 0. The van der Waals surface area contributed by atoms with Gasteiger partial charge in [0.25, 0.3) is 0 Å². The minimum Gasteiger partial charge on any atom is -0.472 e. The maximum Gasteiger partial charge on any atom is 0.200 e. The Kier molecular flexibility index (Phi) is 5.67. The summed E-state index contributed by atoms with van der Waals surface area (Å²) >= 11 is 5.83. The second-order valence-corrected chi connectivity index (χ2v) is 6.25. The molecule has 0 bridgehead atoms. The van der Waals surface area contributed by atoms with Gasteiger partial charge in [0.15, 0.2) is 6.73 Å². The molecule has 4 heteroatoms. The molecule has 0 fully saturated rings. The molecule has 1 atom stereocenters. The van der Waals surface area contributed by atoms with Crippen molar-refractivity contribution < 1.29 is 9.47 Å². The van der Waals surface area contributed by atoms with Gasteiger partial charge in [0.1, 0.15) is 11.5 Å². The summed E-state index contributed by atoms with van der Waals surface area (Å²) in [7, 11) is 0. The number of hydrogen-bond donors (Lipinski definition) is 0. The summed E-state index contributed by atoms with van der Waals surface area (Å²) in [4.78, 5) is 2.06. The molecule has 0 saturated carbocycles. The van der Waals surface area contributed by atoms with Crippen LogP contribution < -0.4 is 4.74 Å². The van der Waals surface area contributed by atoms with Gasteiger partial charge in [0.05, 0.1) is 0 Å². The second kappa shape index (κ2) is 8.13. The first-order valence-electron chi connectivity index (χ1n) is 8.29. The van der Waals surface area contributed by atoms with Crippen LogP contribution in [0.2, 0.25) is 0 Å². The van der Waals surface area contributed by atoms with Crippen molar-refractivity contribution in [2.24, 2.45) is 0 Å². The van der Waals surface area contributed by atoms with Crippen LogP contribution in [0.3, 0.4) is 0 Å². The molecule has 1 aliphatic heterocycles. The molecule has 0 spiro atoms. The fourth-order valence-corrected chi connectivity index (χ4v) is 3.08. The lowest BCUT2D eigenvalue weighted by Crippen LogP contribution is -2.25. The lowest BCUT2D eigenvalue weighted by Gasteiger charge is -2.25. The van der Waals surface area contributed by atoms with E-state index in [1.165, 1.54) is 0 Å². The molecule has 0 N–H and O–H groups in total. The number of halogens is 1. The molecular weight excluding hydrogens is 334 g/mol. The summed E-state index contributed by atoms with van der Waals surface area (Å²) in [5.74, 6) is 2.20. The normalized spacial score (nSPS) is 17.2. The van der Waals surface area contributed by atoms with E-state index < -0.39 is 0 Å². The summed E-state index contributed by atoms with van der Waals surface area (Å²) in [5.41, 5.74) is 3.26. The molecular formula is C21H22ClNO2. The van der Waals surface area contributed by atoms with Gasteiger partial charge in [-0.15, -0.1) is 11.6 Å². The molecule has 0 radical (unpaired) electrons. The molecule has 130 valence electrons. The summed E-state index contributed by atoms with van der Waals surface area (Å²) in [6.45, 7) is 4.40. The molecule has 0 amide bonds. The fraction of sp³-hybridized carbons (Fsp3) is 0.238. The number of hydrogen-bond acceptors (Lipinski definition) is 3. The van der Waals surface area contributed by atoms with E-state index in [9.17, 15) is 0 Å². The SMILES string of the molecule is CC1=CN(COc2ccccc2/C(C)=C\CCl)C(c2ccccc2)O1. The van der Waals surface area contributed by atoms with Gasteiger partial charge in [0.2, 0.25) is 6.23 Å². The van der Waals surface area contributed by atoms with Gasteiger partial charge in [-0.1, -0.05) is 54.6 Å². The van der Waals surface area contributed by atoms with Crippen LogP contribution in [0.1, 0.15) is 31.2 Å². The molecule has 0 saturated heterocycles. The molecule has 1 aliphatic rings. The molecule has 3 rings (SSSR count). The van der Waals surface area contributed by atoms with Crippen molar-refractivity contribution in [3.05, 3.63) is 83.8 Å². The number of para-hydroxylation sites is 1. The highest BCUT2D eigenvalue weighted by atomic mass is 35.5. The molecule has 3 nitrogen and oxygen atoms in total. The van der Waals surface area contributed by atoms with Gasteiger partial charge in [0, 0.05) is 23.2 Å². The van der Waals surface area contributed by atoms with E-state index in [1.54, 1.807) is 0 Å². The fourth-order valence-electron chi connectivity index (χ4n) is 2.85. The third kappa shape index (κ3) is 4.18. The zero-order chi connectivity index (χ0) is 17.6. The van der Waals surface area contributed by atoms with Gasteiger partial charge >= 0.3 is 0 Å². The van der Waals surface area contributed by atoms with Crippen LogP contribution in [-0.4, -0.2) is 17.5 Å². The average molecular weight is 356 g/mol. The number of nitrogens with zero attached hydrogens (tertiary/aromatic N) is 1. The van der Waals surface area contributed by atoms with E-state index in [2.05, 4.69) is 17.0 Å². The highest BCUT2D eigenvalue weighted by molar-refractivity contribution is 6.19. The molecule has 1 unspecified atom stereocenters. The topological polar surface area (TPSA) is 21.7 Å². The van der Waals surface area contributed by atoms with E-state index in [0.29, 0.717) is 12.6 Å². The standard InChI is InChI=1S/C21H22ClNO2/c1-16(12-13-22)19-10-6-7-11-20(19)24-15-23-14-17(2)25-21(23)18-8-4-3-5-9-18/h3-12,14,21H,13,15H2,1-2H3/b16-12-. The Labute approximate surface area is 154 Å². The van der Waals surface area contributed by atoms with E-state index in [-0.39, 0.29) is 6.23 Å². The van der Waals surface area contributed by atoms with Gasteiger partial charge in [-0.2, -0.15) is 0 Å². The molecule has 0 aliphatic carbocycles. The monoisotopic (exact) mass is 355 g/mol. The van der Waals surface area contributed by atoms with Gasteiger partial charge in [-0.05, 0) is 25.5 Å². The van der Waals surface area contributed by atoms with Crippen molar-refractivity contribution in [1.29, 1.82) is 0 Å².